The van der Waals surface area contributed by atoms with Crippen molar-refractivity contribution in [2.75, 3.05) is 0 Å². The van der Waals surface area contributed by atoms with Gasteiger partial charge in [-0.15, -0.1) is 0 Å². The molecule has 59 heavy (non-hydrogen) atoms. The zero-order chi connectivity index (χ0) is 39.6. The van der Waals surface area contributed by atoms with Crippen molar-refractivity contribution in [3.63, 3.8) is 0 Å². The molecule has 0 fully saturated rings. The standard InChI is InChI=1S/C55H39N3O/c1-54(2)44-22-12-10-18-36(44)41-29-33(25-27-46(41)54)51-56-52(34-26-28-47-42(30-34)37-19-11-13-23-45(37)55(47,3)4)58-53(57-51)39-21-14-24-48-49(39)43-31-40(32-15-6-5-7-16-32)35-17-8-9-20-38(35)50(43)59-48/h5-31H,1-4H3. The lowest BCUT2D eigenvalue weighted by atomic mass is 9.82. The molecular formula is C55H39N3O. The van der Waals surface area contributed by atoms with Gasteiger partial charge in [0.05, 0.1) is 0 Å². The summed E-state index contributed by atoms with van der Waals surface area (Å²) in [6.45, 7) is 9.25. The maximum Gasteiger partial charge on any atom is 0.164 e. The molecule has 12 rings (SSSR count). The minimum Gasteiger partial charge on any atom is -0.455 e. The molecule has 0 bridgehead atoms. The average Bonchev–Trinajstić information content (AvgIpc) is 3.86. The number of nitrogens with zero attached hydrogens (tertiary/aromatic N) is 3. The number of fused-ring (bicyclic) bond motifs is 11. The first-order valence-corrected chi connectivity index (χ1v) is 20.4. The molecule has 2 aromatic heterocycles. The van der Waals surface area contributed by atoms with Crippen LogP contribution in [0.1, 0.15) is 49.9 Å². The van der Waals surface area contributed by atoms with Gasteiger partial charge in [-0.2, -0.15) is 0 Å². The van der Waals surface area contributed by atoms with E-state index < -0.39 is 0 Å². The quantitative estimate of drug-likeness (QED) is 0.179. The molecule has 280 valence electrons. The highest BCUT2D eigenvalue weighted by molar-refractivity contribution is 6.22. The molecule has 2 aliphatic carbocycles. The Hall–Kier alpha value is -7.17. The molecule has 0 atom stereocenters. The lowest BCUT2D eigenvalue weighted by molar-refractivity contribution is 0.660. The van der Waals surface area contributed by atoms with Crippen molar-refractivity contribution < 1.29 is 4.42 Å². The number of benzene rings is 8. The summed E-state index contributed by atoms with van der Waals surface area (Å²) in [7, 11) is 0. The van der Waals surface area contributed by atoms with Gasteiger partial charge in [-0.3, -0.25) is 0 Å². The first-order valence-electron chi connectivity index (χ1n) is 20.4. The average molecular weight is 758 g/mol. The third-order valence-corrected chi connectivity index (χ3v) is 13.1. The third-order valence-electron chi connectivity index (χ3n) is 13.1. The third kappa shape index (κ3) is 4.87. The highest BCUT2D eigenvalue weighted by Gasteiger charge is 2.37. The van der Waals surface area contributed by atoms with Crippen LogP contribution in [0.5, 0.6) is 0 Å². The Balaban J connectivity index is 1.12. The zero-order valence-corrected chi connectivity index (χ0v) is 33.3. The number of aromatic nitrogens is 3. The minimum absolute atomic E-state index is 0.102. The molecule has 8 aromatic carbocycles. The van der Waals surface area contributed by atoms with Gasteiger partial charge in [0.1, 0.15) is 11.2 Å². The summed E-state index contributed by atoms with van der Waals surface area (Å²) in [6, 6.07) is 58.6. The summed E-state index contributed by atoms with van der Waals surface area (Å²) in [4.78, 5) is 16.0. The Morgan fingerprint density at radius 1 is 0.356 bits per heavy atom. The van der Waals surface area contributed by atoms with Gasteiger partial charge in [0.25, 0.3) is 0 Å². The smallest absolute Gasteiger partial charge is 0.164 e. The van der Waals surface area contributed by atoms with E-state index in [1.807, 2.05) is 6.07 Å². The molecule has 2 heterocycles. The van der Waals surface area contributed by atoms with Gasteiger partial charge in [-0.25, -0.2) is 15.0 Å². The fourth-order valence-corrected chi connectivity index (χ4v) is 10.2. The molecule has 0 unspecified atom stereocenters. The molecule has 0 amide bonds. The van der Waals surface area contributed by atoms with Crippen LogP contribution in [-0.2, 0) is 10.8 Å². The van der Waals surface area contributed by atoms with Gasteiger partial charge < -0.3 is 4.42 Å². The maximum absolute atomic E-state index is 6.78. The van der Waals surface area contributed by atoms with Crippen molar-refractivity contribution in [2.24, 2.45) is 0 Å². The first-order chi connectivity index (χ1) is 28.8. The predicted molar refractivity (Wildman–Crippen MR) is 241 cm³/mol. The van der Waals surface area contributed by atoms with Crippen LogP contribution in [0.3, 0.4) is 0 Å². The monoisotopic (exact) mass is 757 g/mol. The number of furan rings is 1. The zero-order valence-electron chi connectivity index (χ0n) is 33.3. The molecule has 0 aliphatic heterocycles. The van der Waals surface area contributed by atoms with Crippen LogP contribution in [0.15, 0.2) is 168 Å². The van der Waals surface area contributed by atoms with Crippen molar-refractivity contribution in [3.05, 3.63) is 186 Å². The van der Waals surface area contributed by atoms with Crippen LogP contribution in [0.4, 0.5) is 0 Å². The topological polar surface area (TPSA) is 51.8 Å². The Bertz CT molecular complexity index is 3270. The van der Waals surface area contributed by atoms with Crippen LogP contribution in [0.2, 0.25) is 0 Å². The predicted octanol–water partition coefficient (Wildman–Crippen LogP) is 14.2. The van der Waals surface area contributed by atoms with E-state index in [-0.39, 0.29) is 10.8 Å². The van der Waals surface area contributed by atoms with Crippen molar-refractivity contribution >= 4 is 32.7 Å². The van der Waals surface area contributed by atoms with Crippen LogP contribution >= 0.6 is 0 Å². The molecule has 2 aliphatic rings. The largest absolute Gasteiger partial charge is 0.455 e. The van der Waals surface area contributed by atoms with Crippen molar-refractivity contribution in [2.45, 2.75) is 38.5 Å². The van der Waals surface area contributed by atoms with E-state index in [9.17, 15) is 0 Å². The van der Waals surface area contributed by atoms with E-state index in [0.717, 1.165) is 60.5 Å². The van der Waals surface area contributed by atoms with Crippen molar-refractivity contribution in [1.29, 1.82) is 0 Å². The first kappa shape index (κ1) is 33.9. The molecule has 0 radical (unpaired) electrons. The fraction of sp³-hybridized carbons (Fsp3) is 0.109. The summed E-state index contributed by atoms with van der Waals surface area (Å²) in [5.74, 6) is 1.88. The van der Waals surface area contributed by atoms with Crippen LogP contribution in [0, 0.1) is 0 Å². The van der Waals surface area contributed by atoms with E-state index in [0.29, 0.717) is 17.5 Å². The molecular weight excluding hydrogens is 719 g/mol. The van der Waals surface area contributed by atoms with Crippen molar-refractivity contribution in [1.82, 2.24) is 15.0 Å². The molecule has 10 aromatic rings. The molecule has 4 heteroatoms. The highest BCUT2D eigenvalue weighted by atomic mass is 16.3. The van der Waals surface area contributed by atoms with Gasteiger partial charge in [0.15, 0.2) is 17.5 Å². The SMILES string of the molecule is CC1(C)c2ccccc2-c2cc(-c3nc(-c4ccc5c(c4)-c4ccccc4C5(C)C)nc(-c4cccc5oc6c7ccccc7c(-c7ccccc7)cc6c45)n3)ccc21. The molecule has 0 spiro atoms. The second-order valence-electron chi connectivity index (χ2n) is 17.2. The normalized spacial score (nSPS) is 14.4. The van der Waals surface area contributed by atoms with Crippen LogP contribution in [0.25, 0.3) is 100 Å². The van der Waals surface area contributed by atoms with Gasteiger partial charge >= 0.3 is 0 Å². The van der Waals surface area contributed by atoms with E-state index >= 15 is 0 Å². The van der Waals surface area contributed by atoms with Gasteiger partial charge in [-0.1, -0.05) is 167 Å². The lowest BCUT2D eigenvalue weighted by Crippen LogP contribution is -2.14. The number of hydrogen-bond acceptors (Lipinski definition) is 4. The summed E-state index contributed by atoms with van der Waals surface area (Å²) in [5.41, 5.74) is 16.9. The Morgan fingerprint density at radius 2 is 0.864 bits per heavy atom. The van der Waals surface area contributed by atoms with E-state index in [1.165, 1.54) is 44.5 Å². The highest BCUT2D eigenvalue weighted by Crippen LogP contribution is 2.51. The molecule has 0 saturated heterocycles. The number of rotatable bonds is 4. The second-order valence-corrected chi connectivity index (χ2v) is 17.2. The second kappa shape index (κ2) is 12.2. The Kier molecular flexibility index (Phi) is 7.00. The van der Waals surface area contributed by atoms with E-state index in [1.54, 1.807) is 0 Å². The van der Waals surface area contributed by atoms with E-state index in [4.69, 9.17) is 19.4 Å². The summed E-state index contributed by atoms with van der Waals surface area (Å²) >= 11 is 0. The lowest BCUT2D eigenvalue weighted by Gasteiger charge is -2.21. The Labute approximate surface area is 342 Å². The van der Waals surface area contributed by atoms with Crippen molar-refractivity contribution in [3.8, 4) is 67.5 Å². The van der Waals surface area contributed by atoms with Crippen LogP contribution in [-0.4, -0.2) is 15.0 Å². The molecule has 0 N–H and O–H groups in total. The Morgan fingerprint density at radius 3 is 1.49 bits per heavy atom. The minimum atomic E-state index is -0.102. The van der Waals surface area contributed by atoms with Gasteiger partial charge in [0.2, 0.25) is 0 Å². The summed E-state index contributed by atoms with van der Waals surface area (Å²) in [5, 5.41) is 4.25. The van der Waals surface area contributed by atoms with Crippen LogP contribution < -0.4 is 0 Å². The fourth-order valence-electron chi connectivity index (χ4n) is 10.2. The van der Waals surface area contributed by atoms with Gasteiger partial charge in [-0.05, 0) is 85.3 Å². The summed E-state index contributed by atoms with van der Waals surface area (Å²) in [6.07, 6.45) is 0. The summed E-state index contributed by atoms with van der Waals surface area (Å²) < 4.78 is 6.78. The maximum atomic E-state index is 6.78. The molecule has 4 nitrogen and oxygen atoms in total. The molecule has 0 saturated carbocycles. The van der Waals surface area contributed by atoms with Gasteiger partial charge in [0, 0.05) is 43.7 Å². The number of hydrogen-bond donors (Lipinski definition) is 0. The van der Waals surface area contributed by atoms with E-state index in [2.05, 4.69) is 185 Å².